The highest BCUT2D eigenvalue weighted by molar-refractivity contribution is 6.17. The van der Waals surface area contributed by atoms with Crippen LogP contribution in [0.4, 0.5) is 5.69 Å². The second-order valence-electron chi connectivity index (χ2n) is 5.43. The van der Waals surface area contributed by atoms with Crippen LogP contribution < -0.4 is 10.1 Å². The first kappa shape index (κ1) is 17.2. The van der Waals surface area contributed by atoms with Crippen LogP contribution in [0.5, 0.6) is 5.75 Å². The molecule has 1 N–H and O–H groups in total. The predicted octanol–water partition coefficient (Wildman–Crippen LogP) is 2.99. The van der Waals surface area contributed by atoms with Crippen molar-refractivity contribution in [1.29, 1.82) is 0 Å². The van der Waals surface area contributed by atoms with E-state index in [-0.39, 0.29) is 28.3 Å². The van der Waals surface area contributed by atoms with E-state index in [0.717, 1.165) is 6.42 Å². The highest BCUT2D eigenvalue weighted by Gasteiger charge is 2.21. The van der Waals surface area contributed by atoms with Gasteiger partial charge in [0.25, 0.3) is 5.91 Å². The van der Waals surface area contributed by atoms with Crippen molar-refractivity contribution in [3.8, 4) is 5.75 Å². The van der Waals surface area contributed by atoms with Crippen LogP contribution >= 0.6 is 11.6 Å². The van der Waals surface area contributed by atoms with E-state index in [4.69, 9.17) is 16.3 Å². The first-order valence-electron chi connectivity index (χ1n) is 6.47. The largest absolute Gasteiger partial charge is 0.490 e. The number of ether oxygens (including phenoxy) is 1. The molecule has 0 aliphatic rings. The highest BCUT2D eigenvalue weighted by Crippen LogP contribution is 2.27. The minimum atomic E-state index is -0.576. The Labute approximate surface area is 128 Å². The number of methoxy groups -OCH3 is 1. The van der Waals surface area contributed by atoms with Crippen molar-refractivity contribution in [2.24, 2.45) is 5.41 Å². The van der Waals surface area contributed by atoms with Crippen molar-refractivity contribution in [3.05, 3.63) is 33.9 Å². The van der Waals surface area contributed by atoms with Crippen LogP contribution in [0.2, 0.25) is 0 Å². The van der Waals surface area contributed by atoms with Crippen LogP contribution in [0, 0.1) is 15.5 Å². The average Bonchev–Trinajstić information content (AvgIpc) is 2.44. The summed E-state index contributed by atoms with van der Waals surface area (Å²) in [5.74, 6) is 0.277. The SMILES string of the molecule is COc1ccc(C(=O)NCC(C)(C)CCCl)cc1[N+](=O)[O-]. The predicted molar refractivity (Wildman–Crippen MR) is 81.1 cm³/mol. The Bertz CT molecular complexity index is 532. The van der Waals surface area contributed by atoms with Gasteiger partial charge in [-0.3, -0.25) is 14.9 Å². The van der Waals surface area contributed by atoms with Gasteiger partial charge in [0.1, 0.15) is 0 Å². The second kappa shape index (κ2) is 7.26. The van der Waals surface area contributed by atoms with Gasteiger partial charge in [-0.05, 0) is 24.0 Å². The smallest absolute Gasteiger partial charge is 0.311 e. The Morgan fingerprint density at radius 3 is 2.67 bits per heavy atom. The molecule has 1 rings (SSSR count). The van der Waals surface area contributed by atoms with Gasteiger partial charge >= 0.3 is 5.69 Å². The van der Waals surface area contributed by atoms with Gasteiger partial charge in [-0.1, -0.05) is 13.8 Å². The third-order valence-corrected chi connectivity index (χ3v) is 3.33. The number of carbonyl (C=O) groups is 1. The number of nitro benzene ring substituents is 1. The summed E-state index contributed by atoms with van der Waals surface area (Å²) >= 11 is 5.71. The van der Waals surface area contributed by atoms with Crippen LogP contribution in [0.25, 0.3) is 0 Å². The average molecular weight is 315 g/mol. The molecule has 0 aliphatic carbocycles. The van der Waals surface area contributed by atoms with E-state index in [1.165, 1.54) is 25.3 Å². The summed E-state index contributed by atoms with van der Waals surface area (Å²) in [6, 6.07) is 4.12. The molecule has 0 radical (unpaired) electrons. The van der Waals surface area contributed by atoms with Gasteiger partial charge in [0.2, 0.25) is 0 Å². The van der Waals surface area contributed by atoms with E-state index < -0.39 is 4.92 Å². The summed E-state index contributed by atoms with van der Waals surface area (Å²) in [7, 11) is 1.34. The van der Waals surface area contributed by atoms with E-state index >= 15 is 0 Å². The minimum Gasteiger partial charge on any atom is -0.490 e. The standard InChI is InChI=1S/C14H19ClN2O4/c1-14(2,6-7-15)9-16-13(18)10-4-5-12(21-3)11(8-10)17(19)20/h4-5,8H,6-7,9H2,1-3H3,(H,16,18). The minimum absolute atomic E-state index is 0.124. The summed E-state index contributed by atoms with van der Waals surface area (Å²) in [6.07, 6.45) is 0.762. The zero-order chi connectivity index (χ0) is 16.0. The van der Waals surface area contributed by atoms with Crippen LogP contribution in [-0.2, 0) is 0 Å². The maximum Gasteiger partial charge on any atom is 0.311 e. The Balaban J connectivity index is 2.84. The number of carbonyl (C=O) groups excluding carboxylic acids is 1. The fourth-order valence-electron chi connectivity index (χ4n) is 1.74. The molecule has 1 amide bonds. The van der Waals surface area contributed by atoms with E-state index in [1.54, 1.807) is 0 Å². The summed E-state index contributed by atoms with van der Waals surface area (Å²) in [5.41, 5.74) is -0.134. The fourth-order valence-corrected chi connectivity index (χ4v) is 2.25. The number of amides is 1. The molecule has 1 aromatic carbocycles. The molecular weight excluding hydrogens is 296 g/mol. The van der Waals surface area contributed by atoms with Crippen molar-refractivity contribution in [2.75, 3.05) is 19.5 Å². The maximum atomic E-state index is 12.1. The quantitative estimate of drug-likeness (QED) is 0.476. The number of nitro groups is 1. The van der Waals surface area contributed by atoms with Gasteiger partial charge in [0.05, 0.1) is 12.0 Å². The molecule has 0 bridgehead atoms. The molecule has 0 aromatic heterocycles. The number of nitrogens with zero attached hydrogens (tertiary/aromatic N) is 1. The molecular formula is C14H19ClN2O4. The Morgan fingerprint density at radius 1 is 1.48 bits per heavy atom. The third-order valence-electron chi connectivity index (χ3n) is 3.14. The van der Waals surface area contributed by atoms with Crippen molar-refractivity contribution in [1.82, 2.24) is 5.32 Å². The van der Waals surface area contributed by atoms with Gasteiger partial charge in [-0.2, -0.15) is 0 Å². The molecule has 0 atom stereocenters. The first-order valence-corrected chi connectivity index (χ1v) is 7.01. The molecule has 0 fully saturated rings. The summed E-state index contributed by atoms with van der Waals surface area (Å²) in [4.78, 5) is 22.4. The Kier molecular flexibility index (Phi) is 5.96. The lowest BCUT2D eigenvalue weighted by molar-refractivity contribution is -0.385. The van der Waals surface area contributed by atoms with Crippen LogP contribution in [0.15, 0.2) is 18.2 Å². The molecule has 6 nitrogen and oxygen atoms in total. The first-order chi connectivity index (χ1) is 9.80. The monoisotopic (exact) mass is 314 g/mol. The molecule has 1 aromatic rings. The van der Waals surface area contributed by atoms with Crippen molar-refractivity contribution < 1.29 is 14.5 Å². The molecule has 0 aliphatic heterocycles. The molecule has 0 unspecified atom stereocenters. The zero-order valence-electron chi connectivity index (χ0n) is 12.3. The highest BCUT2D eigenvalue weighted by atomic mass is 35.5. The lowest BCUT2D eigenvalue weighted by Gasteiger charge is -2.23. The van der Waals surface area contributed by atoms with Crippen LogP contribution in [-0.4, -0.2) is 30.4 Å². The number of rotatable bonds is 7. The Hall–Kier alpha value is -1.82. The number of halogens is 1. The van der Waals surface area contributed by atoms with Gasteiger partial charge < -0.3 is 10.1 Å². The number of hydrogen-bond donors (Lipinski definition) is 1. The van der Waals surface area contributed by atoms with Crippen molar-refractivity contribution in [2.45, 2.75) is 20.3 Å². The van der Waals surface area contributed by atoms with E-state index in [1.807, 2.05) is 13.8 Å². The van der Waals surface area contributed by atoms with Crippen LogP contribution in [0.3, 0.4) is 0 Å². The van der Waals surface area contributed by atoms with E-state index in [0.29, 0.717) is 12.4 Å². The van der Waals surface area contributed by atoms with Crippen molar-refractivity contribution >= 4 is 23.2 Å². The molecule has 0 saturated heterocycles. The fraction of sp³-hybridized carbons (Fsp3) is 0.500. The number of benzene rings is 1. The van der Waals surface area contributed by atoms with Gasteiger partial charge in [0.15, 0.2) is 5.75 Å². The molecule has 0 heterocycles. The van der Waals surface area contributed by atoms with Gasteiger partial charge in [-0.15, -0.1) is 11.6 Å². The number of nitrogens with one attached hydrogen (secondary N) is 1. The number of alkyl halides is 1. The molecule has 21 heavy (non-hydrogen) atoms. The van der Waals surface area contributed by atoms with Crippen molar-refractivity contribution in [3.63, 3.8) is 0 Å². The topological polar surface area (TPSA) is 81.5 Å². The maximum absolute atomic E-state index is 12.1. The van der Waals surface area contributed by atoms with Crippen LogP contribution in [0.1, 0.15) is 30.6 Å². The lowest BCUT2D eigenvalue weighted by Crippen LogP contribution is -2.34. The number of hydrogen-bond acceptors (Lipinski definition) is 4. The van der Waals surface area contributed by atoms with E-state index in [9.17, 15) is 14.9 Å². The second-order valence-corrected chi connectivity index (χ2v) is 5.81. The summed E-state index contributed by atoms with van der Waals surface area (Å²) in [6.45, 7) is 4.43. The lowest BCUT2D eigenvalue weighted by atomic mass is 9.90. The van der Waals surface area contributed by atoms with Gasteiger partial charge in [0, 0.05) is 24.1 Å². The molecule has 7 heteroatoms. The molecule has 0 spiro atoms. The molecule has 116 valence electrons. The zero-order valence-corrected chi connectivity index (χ0v) is 13.1. The molecule has 0 saturated carbocycles. The van der Waals surface area contributed by atoms with E-state index in [2.05, 4.69) is 5.32 Å². The normalized spacial score (nSPS) is 11.0. The Morgan fingerprint density at radius 2 is 2.14 bits per heavy atom. The third kappa shape index (κ3) is 4.90. The van der Waals surface area contributed by atoms with Gasteiger partial charge in [-0.25, -0.2) is 0 Å². The summed E-state index contributed by atoms with van der Waals surface area (Å²) < 4.78 is 4.90. The summed E-state index contributed by atoms with van der Waals surface area (Å²) in [5, 5.41) is 13.7.